The van der Waals surface area contributed by atoms with E-state index in [9.17, 15) is 5.11 Å². The monoisotopic (exact) mass is 343 g/mol. The van der Waals surface area contributed by atoms with Gasteiger partial charge in [-0.2, -0.15) is 0 Å². The Morgan fingerprint density at radius 2 is 1.92 bits per heavy atom. The second kappa shape index (κ2) is 8.74. The maximum absolute atomic E-state index is 10.1. The van der Waals surface area contributed by atoms with E-state index in [0.29, 0.717) is 24.1 Å². The van der Waals surface area contributed by atoms with Crippen LogP contribution in [0, 0.1) is 0 Å². The van der Waals surface area contributed by atoms with Gasteiger partial charge in [0.2, 0.25) is 6.79 Å². The smallest absolute Gasteiger partial charge is 0.231 e. The lowest BCUT2D eigenvalue weighted by Crippen LogP contribution is -2.36. The summed E-state index contributed by atoms with van der Waals surface area (Å²) in [6.07, 6.45) is 1.49. The van der Waals surface area contributed by atoms with Gasteiger partial charge in [-0.1, -0.05) is 30.3 Å². The van der Waals surface area contributed by atoms with E-state index >= 15 is 0 Å². The van der Waals surface area contributed by atoms with Gasteiger partial charge in [-0.05, 0) is 37.5 Å². The van der Waals surface area contributed by atoms with E-state index in [1.54, 1.807) is 6.07 Å². The van der Waals surface area contributed by atoms with Crippen molar-refractivity contribution >= 4 is 0 Å². The zero-order valence-corrected chi connectivity index (χ0v) is 14.5. The van der Waals surface area contributed by atoms with Gasteiger partial charge in [0.15, 0.2) is 11.5 Å². The van der Waals surface area contributed by atoms with Crippen LogP contribution >= 0.6 is 0 Å². The van der Waals surface area contributed by atoms with Gasteiger partial charge in [0, 0.05) is 18.7 Å². The Morgan fingerprint density at radius 1 is 1.12 bits per heavy atom. The zero-order chi connectivity index (χ0) is 17.5. The van der Waals surface area contributed by atoms with E-state index in [-0.39, 0.29) is 13.4 Å². The maximum Gasteiger partial charge on any atom is 0.231 e. The first kappa shape index (κ1) is 17.6. The van der Waals surface area contributed by atoms with Crippen LogP contribution in [0.5, 0.6) is 17.2 Å². The van der Waals surface area contributed by atoms with Crippen molar-refractivity contribution < 1.29 is 19.3 Å². The van der Waals surface area contributed by atoms with Gasteiger partial charge in [-0.15, -0.1) is 0 Å². The molecule has 134 valence electrons. The fourth-order valence-corrected chi connectivity index (χ4v) is 2.69. The Balaban J connectivity index is 1.34. The van der Waals surface area contributed by atoms with Crippen LogP contribution in [0.2, 0.25) is 0 Å². The van der Waals surface area contributed by atoms with Crippen LogP contribution in [0.1, 0.15) is 18.9 Å². The van der Waals surface area contributed by atoms with E-state index in [2.05, 4.69) is 36.5 Å². The number of hydrogen-bond donors (Lipinski definition) is 2. The highest BCUT2D eigenvalue weighted by Gasteiger charge is 2.14. The third-order valence-electron chi connectivity index (χ3n) is 4.20. The summed E-state index contributed by atoms with van der Waals surface area (Å²) in [5.41, 5.74) is 1.34. The first-order valence-electron chi connectivity index (χ1n) is 8.68. The molecular weight excluding hydrogens is 318 g/mol. The Hall–Kier alpha value is -2.24. The minimum Gasteiger partial charge on any atom is -0.491 e. The highest BCUT2D eigenvalue weighted by atomic mass is 16.7. The normalized spacial score (nSPS) is 15.0. The predicted octanol–water partition coefficient (Wildman–Crippen LogP) is 2.77. The van der Waals surface area contributed by atoms with Crippen LogP contribution in [0.4, 0.5) is 0 Å². The molecule has 0 amide bonds. The Morgan fingerprint density at radius 3 is 2.76 bits per heavy atom. The van der Waals surface area contributed by atoms with Crippen LogP contribution in [-0.4, -0.2) is 37.2 Å². The van der Waals surface area contributed by atoms with Crippen LogP contribution in [-0.2, 0) is 6.42 Å². The fraction of sp³-hybridized carbons (Fsp3) is 0.400. The standard InChI is InChI=1S/C20H25NO4/c1-15(7-8-16-5-3-2-4-6-16)21-12-17(22)13-23-18-9-10-19-20(11-18)25-14-24-19/h2-6,9-11,15,17,21-22H,7-8,12-14H2,1H3. The lowest BCUT2D eigenvalue weighted by atomic mass is 10.1. The molecule has 2 unspecified atom stereocenters. The van der Waals surface area contributed by atoms with Gasteiger partial charge in [0.1, 0.15) is 18.5 Å². The van der Waals surface area contributed by atoms with Crippen molar-refractivity contribution in [2.75, 3.05) is 19.9 Å². The van der Waals surface area contributed by atoms with Crippen molar-refractivity contribution in [2.45, 2.75) is 31.9 Å². The molecule has 5 heteroatoms. The lowest BCUT2D eigenvalue weighted by Gasteiger charge is -2.17. The molecule has 0 radical (unpaired) electrons. The Bertz CT molecular complexity index is 662. The van der Waals surface area contributed by atoms with Crippen molar-refractivity contribution in [1.29, 1.82) is 0 Å². The fourth-order valence-electron chi connectivity index (χ4n) is 2.69. The molecule has 1 heterocycles. The van der Waals surface area contributed by atoms with Gasteiger partial charge in [-0.3, -0.25) is 0 Å². The molecule has 0 spiro atoms. The van der Waals surface area contributed by atoms with E-state index in [1.807, 2.05) is 18.2 Å². The SMILES string of the molecule is CC(CCc1ccccc1)NCC(O)COc1ccc2c(c1)OCO2. The van der Waals surface area contributed by atoms with E-state index < -0.39 is 6.10 Å². The predicted molar refractivity (Wildman–Crippen MR) is 96.3 cm³/mol. The molecule has 1 aliphatic heterocycles. The van der Waals surface area contributed by atoms with Gasteiger partial charge in [0.05, 0.1) is 0 Å². The van der Waals surface area contributed by atoms with Crippen molar-refractivity contribution in [3.63, 3.8) is 0 Å². The molecule has 1 aliphatic rings. The van der Waals surface area contributed by atoms with E-state index in [1.165, 1.54) is 5.56 Å². The summed E-state index contributed by atoms with van der Waals surface area (Å²) in [7, 11) is 0. The van der Waals surface area contributed by atoms with Gasteiger partial charge in [0.25, 0.3) is 0 Å². The second-order valence-corrected chi connectivity index (χ2v) is 6.31. The summed E-state index contributed by atoms with van der Waals surface area (Å²) in [5.74, 6) is 2.07. The lowest BCUT2D eigenvalue weighted by molar-refractivity contribution is 0.103. The largest absolute Gasteiger partial charge is 0.491 e. The number of rotatable bonds is 9. The number of hydrogen-bond acceptors (Lipinski definition) is 5. The highest BCUT2D eigenvalue weighted by molar-refractivity contribution is 5.46. The third kappa shape index (κ3) is 5.37. The van der Waals surface area contributed by atoms with E-state index in [0.717, 1.165) is 18.6 Å². The molecule has 2 aromatic rings. The Labute approximate surface area is 148 Å². The van der Waals surface area contributed by atoms with Crippen LogP contribution < -0.4 is 19.5 Å². The molecule has 0 saturated carbocycles. The molecule has 5 nitrogen and oxygen atoms in total. The molecule has 0 bridgehead atoms. The first-order chi connectivity index (χ1) is 12.2. The number of benzene rings is 2. The van der Waals surface area contributed by atoms with Crippen LogP contribution in [0.15, 0.2) is 48.5 Å². The molecular formula is C20H25NO4. The molecule has 2 N–H and O–H groups in total. The average molecular weight is 343 g/mol. The van der Waals surface area contributed by atoms with E-state index in [4.69, 9.17) is 14.2 Å². The van der Waals surface area contributed by atoms with Crippen molar-refractivity contribution in [3.05, 3.63) is 54.1 Å². The van der Waals surface area contributed by atoms with Crippen LogP contribution in [0.3, 0.4) is 0 Å². The summed E-state index contributed by atoms with van der Waals surface area (Å²) in [6.45, 7) is 3.11. The minimum absolute atomic E-state index is 0.234. The summed E-state index contributed by atoms with van der Waals surface area (Å²) in [5, 5.41) is 13.5. The topological polar surface area (TPSA) is 60.0 Å². The minimum atomic E-state index is -0.565. The number of fused-ring (bicyclic) bond motifs is 1. The first-order valence-corrected chi connectivity index (χ1v) is 8.68. The zero-order valence-electron chi connectivity index (χ0n) is 14.5. The number of ether oxygens (including phenoxy) is 3. The van der Waals surface area contributed by atoms with Gasteiger partial charge in [-0.25, -0.2) is 0 Å². The molecule has 0 aromatic heterocycles. The number of aryl methyl sites for hydroxylation is 1. The highest BCUT2D eigenvalue weighted by Crippen LogP contribution is 2.35. The summed E-state index contributed by atoms with van der Waals surface area (Å²) in [4.78, 5) is 0. The second-order valence-electron chi connectivity index (χ2n) is 6.31. The van der Waals surface area contributed by atoms with Gasteiger partial charge >= 0.3 is 0 Å². The van der Waals surface area contributed by atoms with Crippen molar-refractivity contribution in [3.8, 4) is 17.2 Å². The van der Waals surface area contributed by atoms with Crippen LogP contribution in [0.25, 0.3) is 0 Å². The average Bonchev–Trinajstić information content (AvgIpc) is 3.11. The number of nitrogens with one attached hydrogen (secondary N) is 1. The summed E-state index contributed by atoms with van der Waals surface area (Å²) < 4.78 is 16.2. The molecule has 2 atom stereocenters. The van der Waals surface area contributed by atoms with Crippen molar-refractivity contribution in [2.24, 2.45) is 0 Å². The third-order valence-corrected chi connectivity index (χ3v) is 4.20. The summed E-state index contributed by atoms with van der Waals surface area (Å²) >= 11 is 0. The number of aliphatic hydroxyl groups is 1. The molecule has 3 rings (SSSR count). The maximum atomic E-state index is 10.1. The van der Waals surface area contributed by atoms with Gasteiger partial charge < -0.3 is 24.6 Å². The van der Waals surface area contributed by atoms with Crippen molar-refractivity contribution in [1.82, 2.24) is 5.32 Å². The molecule has 2 aromatic carbocycles. The molecule has 0 saturated heterocycles. The molecule has 25 heavy (non-hydrogen) atoms. The molecule has 0 fully saturated rings. The quantitative estimate of drug-likeness (QED) is 0.733. The summed E-state index contributed by atoms with van der Waals surface area (Å²) in [6, 6.07) is 16.2. The number of aliphatic hydroxyl groups excluding tert-OH is 1. The Kier molecular flexibility index (Phi) is 6.14. The molecule has 0 aliphatic carbocycles.